The largest absolute Gasteiger partial charge is 0.480 e. The molecular formula is C19H24N2O5. The van der Waals surface area contributed by atoms with E-state index < -0.39 is 23.8 Å². The Bertz CT molecular complexity index is 661. The predicted octanol–water partition coefficient (Wildman–Crippen LogP) is 1.37. The fourth-order valence-corrected chi connectivity index (χ4v) is 2.93. The van der Waals surface area contributed by atoms with E-state index >= 15 is 0 Å². The van der Waals surface area contributed by atoms with Gasteiger partial charge >= 0.3 is 5.97 Å². The summed E-state index contributed by atoms with van der Waals surface area (Å²) in [6.45, 7) is 5.70. The highest BCUT2D eigenvalue weighted by Crippen LogP contribution is 2.28. The highest BCUT2D eigenvalue weighted by Gasteiger charge is 2.38. The summed E-state index contributed by atoms with van der Waals surface area (Å²) in [6.07, 6.45) is 1.57. The van der Waals surface area contributed by atoms with Crippen LogP contribution in [0.1, 0.15) is 24.9 Å². The molecule has 0 aromatic heterocycles. The zero-order valence-electron chi connectivity index (χ0n) is 14.8. The van der Waals surface area contributed by atoms with E-state index in [4.69, 9.17) is 4.74 Å². The lowest BCUT2D eigenvalue weighted by atomic mass is 10.1. The van der Waals surface area contributed by atoms with Crippen molar-refractivity contribution >= 4 is 17.8 Å². The summed E-state index contributed by atoms with van der Waals surface area (Å²) in [4.78, 5) is 37.7. The Balaban J connectivity index is 1.97. The molecule has 0 spiro atoms. The van der Waals surface area contributed by atoms with Gasteiger partial charge in [0.05, 0.1) is 25.2 Å². The van der Waals surface area contributed by atoms with Gasteiger partial charge in [-0.25, -0.2) is 4.79 Å². The third-order valence-electron chi connectivity index (χ3n) is 4.41. The number of ether oxygens (including phenoxy) is 1. The van der Waals surface area contributed by atoms with Gasteiger partial charge in [-0.2, -0.15) is 0 Å². The first-order valence-corrected chi connectivity index (χ1v) is 8.50. The minimum atomic E-state index is -1.18. The van der Waals surface area contributed by atoms with Gasteiger partial charge in [0.25, 0.3) is 0 Å². The first-order chi connectivity index (χ1) is 12.4. The molecule has 0 bridgehead atoms. The number of carbonyl (C=O) groups excluding carboxylic acids is 2. The van der Waals surface area contributed by atoms with Crippen LogP contribution in [0, 0.1) is 5.92 Å². The highest BCUT2D eigenvalue weighted by atomic mass is 16.5. The Labute approximate surface area is 152 Å². The molecule has 2 amide bonds. The molecule has 1 saturated heterocycles. The number of nitrogens with zero attached hydrogens (tertiary/aromatic N) is 1. The van der Waals surface area contributed by atoms with Crippen LogP contribution in [0.15, 0.2) is 43.0 Å². The van der Waals surface area contributed by atoms with E-state index in [0.29, 0.717) is 0 Å². The number of nitrogens with one attached hydrogen (secondary N) is 1. The van der Waals surface area contributed by atoms with Gasteiger partial charge < -0.3 is 20.1 Å². The van der Waals surface area contributed by atoms with E-state index in [0.717, 1.165) is 5.56 Å². The predicted molar refractivity (Wildman–Crippen MR) is 95.3 cm³/mol. The SMILES string of the molecule is C=CCOCC(NC(=O)C1CC(=O)N(C(C)c2ccccc2)C1)C(=O)O. The van der Waals surface area contributed by atoms with Gasteiger partial charge in [-0.15, -0.1) is 6.58 Å². The molecule has 0 radical (unpaired) electrons. The summed E-state index contributed by atoms with van der Waals surface area (Å²) in [6, 6.07) is 8.27. The van der Waals surface area contributed by atoms with Crippen LogP contribution in [-0.4, -0.2) is 53.6 Å². The second-order valence-corrected chi connectivity index (χ2v) is 6.26. The summed E-state index contributed by atoms with van der Waals surface area (Å²) >= 11 is 0. The smallest absolute Gasteiger partial charge is 0.328 e. The van der Waals surface area contributed by atoms with Crippen LogP contribution in [0.2, 0.25) is 0 Å². The Morgan fingerprint density at radius 3 is 2.73 bits per heavy atom. The first-order valence-electron chi connectivity index (χ1n) is 8.50. The van der Waals surface area contributed by atoms with Crippen LogP contribution in [0.3, 0.4) is 0 Å². The van der Waals surface area contributed by atoms with Gasteiger partial charge in [0.1, 0.15) is 0 Å². The van der Waals surface area contributed by atoms with Crippen molar-refractivity contribution in [3.05, 3.63) is 48.6 Å². The maximum absolute atomic E-state index is 12.4. The fraction of sp³-hybridized carbons (Fsp3) is 0.421. The molecule has 3 unspecified atom stereocenters. The zero-order valence-corrected chi connectivity index (χ0v) is 14.8. The Hall–Kier alpha value is -2.67. The molecule has 1 aromatic carbocycles. The molecular weight excluding hydrogens is 336 g/mol. The molecule has 3 atom stereocenters. The summed E-state index contributed by atoms with van der Waals surface area (Å²) in [5.74, 6) is -2.32. The highest BCUT2D eigenvalue weighted by molar-refractivity contribution is 5.91. The van der Waals surface area contributed by atoms with E-state index in [1.165, 1.54) is 6.08 Å². The minimum absolute atomic E-state index is 0.0723. The lowest BCUT2D eigenvalue weighted by Crippen LogP contribution is -2.46. The molecule has 1 fully saturated rings. The Morgan fingerprint density at radius 1 is 1.42 bits per heavy atom. The number of aliphatic carboxylic acids is 1. The molecule has 0 aliphatic carbocycles. The van der Waals surface area contributed by atoms with Crippen LogP contribution in [0.4, 0.5) is 0 Å². The molecule has 0 saturated carbocycles. The van der Waals surface area contributed by atoms with E-state index in [2.05, 4.69) is 11.9 Å². The lowest BCUT2D eigenvalue weighted by Gasteiger charge is -2.25. The fourth-order valence-electron chi connectivity index (χ4n) is 2.93. The third kappa shape index (κ3) is 4.92. The monoisotopic (exact) mass is 360 g/mol. The van der Waals surface area contributed by atoms with Crippen molar-refractivity contribution in [3.8, 4) is 0 Å². The average Bonchev–Trinajstić information content (AvgIpc) is 3.02. The standard InChI is InChI=1S/C19H24N2O5/c1-3-9-26-12-16(19(24)25)20-18(23)15-10-17(22)21(11-15)13(2)14-7-5-4-6-8-14/h3-8,13,15-16H,1,9-12H2,2H3,(H,20,23)(H,24,25). The number of amides is 2. The van der Waals surface area contributed by atoms with Gasteiger partial charge in [-0.1, -0.05) is 36.4 Å². The van der Waals surface area contributed by atoms with Gasteiger partial charge in [-0.05, 0) is 12.5 Å². The van der Waals surface area contributed by atoms with Gasteiger partial charge in [-0.3, -0.25) is 9.59 Å². The van der Waals surface area contributed by atoms with Crippen molar-refractivity contribution in [1.82, 2.24) is 10.2 Å². The van der Waals surface area contributed by atoms with E-state index in [-0.39, 0.29) is 38.1 Å². The Kier molecular flexibility index (Phi) is 6.91. The topological polar surface area (TPSA) is 95.9 Å². The van der Waals surface area contributed by atoms with E-state index in [1.807, 2.05) is 37.3 Å². The zero-order chi connectivity index (χ0) is 19.1. The number of carboxylic acids is 1. The van der Waals surface area contributed by atoms with Crippen molar-refractivity contribution < 1.29 is 24.2 Å². The number of hydrogen-bond donors (Lipinski definition) is 2. The normalized spacial score (nSPS) is 19.0. The summed E-state index contributed by atoms with van der Waals surface area (Å²) in [5, 5.41) is 11.7. The molecule has 7 heteroatoms. The van der Waals surface area contributed by atoms with Crippen molar-refractivity contribution in [2.75, 3.05) is 19.8 Å². The van der Waals surface area contributed by atoms with Crippen molar-refractivity contribution in [2.45, 2.75) is 25.4 Å². The quantitative estimate of drug-likeness (QED) is 0.512. The number of likely N-dealkylation sites (tertiary alicyclic amines) is 1. The minimum Gasteiger partial charge on any atom is -0.480 e. The van der Waals surface area contributed by atoms with E-state index in [1.54, 1.807) is 4.90 Å². The number of hydrogen-bond acceptors (Lipinski definition) is 4. The molecule has 1 aromatic rings. The Morgan fingerprint density at radius 2 is 2.12 bits per heavy atom. The number of benzene rings is 1. The van der Waals surface area contributed by atoms with Crippen molar-refractivity contribution in [3.63, 3.8) is 0 Å². The lowest BCUT2D eigenvalue weighted by molar-refractivity contribution is -0.144. The maximum Gasteiger partial charge on any atom is 0.328 e. The van der Waals surface area contributed by atoms with Crippen molar-refractivity contribution in [2.24, 2.45) is 5.92 Å². The molecule has 26 heavy (non-hydrogen) atoms. The summed E-state index contributed by atoms with van der Waals surface area (Å²) in [7, 11) is 0. The number of carbonyl (C=O) groups is 3. The second-order valence-electron chi connectivity index (χ2n) is 6.26. The second kappa shape index (κ2) is 9.15. The average molecular weight is 360 g/mol. The van der Waals surface area contributed by atoms with Crippen LogP contribution in [-0.2, 0) is 19.1 Å². The van der Waals surface area contributed by atoms with Crippen molar-refractivity contribution in [1.29, 1.82) is 0 Å². The summed E-state index contributed by atoms with van der Waals surface area (Å²) < 4.78 is 5.12. The number of rotatable bonds is 9. The van der Waals surface area contributed by atoms with Gasteiger partial charge in [0.2, 0.25) is 11.8 Å². The summed E-state index contributed by atoms with van der Waals surface area (Å²) in [5.41, 5.74) is 0.989. The molecule has 2 N–H and O–H groups in total. The van der Waals surface area contributed by atoms with Crippen LogP contribution in [0.5, 0.6) is 0 Å². The maximum atomic E-state index is 12.4. The molecule has 1 heterocycles. The van der Waals surface area contributed by atoms with Crippen LogP contribution < -0.4 is 5.32 Å². The molecule has 140 valence electrons. The molecule has 1 aliphatic rings. The van der Waals surface area contributed by atoms with Gasteiger partial charge in [0, 0.05) is 13.0 Å². The van der Waals surface area contributed by atoms with Crippen LogP contribution in [0.25, 0.3) is 0 Å². The number of carboxylic acid groups (broad SMARTS) is 1. The molecule has 7 nitrogen and oxygen atoms in total. The third-order valence-corrected chi connectivity index (χ3v) is 4.41. The molecule has 2 rings (SSSR count). The first kappa shape index (κ1) is 19.7. The van der Waals surface area contributed by atoms with Crippen LogP contribution >= 0.6 is 0 Å². The van der Waals surface area contributed by atoms with E-state index in [9.17, 15) is 19.5 Å². The molecule has 1 aliphatic heterocycles. The van der Waals surface area contributed by atoms with Gasteiger partial charge in [0.15, 0.2) is 6.04 Å².